The number of hydrogen-bond donors (Lipinski definition) is 1. The highest BCUT2D eigenvalue weighted by molar-refractivity contribution is 6.20. The molecule has 0 saturated carbocycles. The SMILES string of the molecule is Fc1cccc(NC2CCOC2Cl)c1F. The van der Waals surface area contributed by atoms with Gasteiger partial charge in [0.1, 0.15) is 0 Å². The molecule has 1 aromatic carbocycles. The Morgan fingerprint density at radius 2 is 2.20 bits per heavy atom. The van der Waals surface area contributed by atoms with E-state index in [0.717, 1.165) is 6.07 Å². The second-order valence-electron chi connectivity index (χ2n) is 3.36. The first-order valence-corrected chi connectivity index (χ1v) is 5.08. The van der Waals surface area contributed by atoms with E-state index < -0.39 is 17.2 Å². The van der Waals surface area contributed by atoms with Crippen molar-refractivity contribution in [3.63, 3.8) is 0 Å². The second-order valence-corrected chi connectivity index (χ2v) is 3.79. The molecular weight excluding hydrogens is 224 g/mol. The summed E-state index contributed by atoms with van der Waals surface area (Å²) in [7, 11) is 0. The van der Waals surface area contributed by atoms with Gasteiger partial charge in [-0.25, -0.2) is 8.78 Å². The highest BCUT2D eigenvalue weighted by Crippen LogP contribution is 2.24. The van der Waals surface area contributed by atoms with E-state index in [4.69, 9.17) is 16.3 Å². The van der Waals surface area contributed by atoms with Crippen molar-refractivity contribution in [1.82, 2.24) is 0 Å². The fourth-order valence-corrected chi connectivity index (χ4v) is 1.79. The Morgan fingerprint density at radius 3 is 2.87 bits per heavy atom. The van der Waals surface area contributed by atoms with Gasteiger partial charge >= 0.3 is 0 Å². The van der Waals surface area contributed by atoms with Crippen LogP contribution in [0.1, 0.15) is 6.42 Å². The fourth-order valence-electron chi connectivity index (χ4n) is 1.51. The maximum atomic E-state index is 13.3. The van der Waals surface area contributed by atoms with Crippen LogP contribution in [0.3, 0.4) is 0 Å². The maximum absolute atomic E-state index is 13.3. The zero-order valence-electron chi connectivity index (χ0n) is 7.84. The van der Waals surface area contributed by atoms with Crippen LogP contribution in [0.2, 0.25) is 0 Å². The van der Waals surface area contributed by atoms with Crippen molar-refractivity contribution in [1.29, 1.82) is 0 Å². The monoisotopic (exact) mass is 233 g/mol. The van der Waals surface area contributed by atoms with Gasteiger partial charge in [-0.15, -0.1) is 0 Å². The van der Waals surface area contributed by atoms with Crippen molar-refractivity contribution >= 4 is 17.3 Å². The molecule has 0 spiro atoms. The summed E-state index contributed by atoms with van der Waals surface area (Å²) < 4.78 is 31.2. The van der Waals surface area contributed by atoms with E-state index in [-0.39, 0.29) is 11.7 Å². The Labute approximate surface area is 91.2 Å². The normalized spacial score (nSPS) is 25.5. The van der Waals surface area contributed by atoms with Crippen molar-refractivity contribution in [3.8, 4) is 0 Å². The molecular formula is C10H10ClF2NO. The van der Waals surface area contributed by atoms with Gasteiger partial charge in [0.05, 0.1) is 18.3 Å². The van der Waals surface area contributed by atoms with E-state index in [1.807, 2.05) is 0 Å². The Kier molecular flexibility index (Phi) is 3.07. The van der Waals surface area contributed by atoms with Gasteiger partial charge < -0.3 is 10.1 Å². The number of benzene rings is 1. The Balaban J connectivity index is 2.13. The minimum atomic E-state index is -0.881. The summed E-state index contributed by atoms with van der Waals surface area (Å²) in [6.07, 6.45) is 0.685. The van der Waals surface area contributed by atoms with Crippen molar-refractivity contribution in [2.45, 2.75) is 18.0 Å². The summed E-state index contributed by atoms with van der Waals surface area (Å²) in [4.78, 5) is 0. The van der Waals surface area contributed by atoms with Crippen LogP contribution in [0.25, 0.3) is 0 Å². The number of hydrogen-bond acceptors (Lipinski definition) is 2. The molecule has 2 nitrogen and oxygen atoms in total. The molecule has 0 aromatic heterocycles. The number of nitrogens with one attached hydrogen (secondary N) is 1. The smallest absolute Gasteiger partial charge is 0.181 e. The highest BCUT2D eigenvalue weighted by Gasteiger charge is 2.26. The molecule has 1 aliphatic rings. The molecule has 2 atom stereocenters. The van der Waals surface area contributed by atoms with Gasteiger partial charge in [0.25, 0.3) is 0 Å². The lowest BCUT2D eigenvalue weighted by Gasteiger charge is -2.16. The number of anilines is 1. The molecule has 1 heterocycles. The molecule has 1 saturated heterocycles. The van der Waals surface area contributed by atoms with Gasteiger partial charge in [0.15, 0.2) is 17.2 Å². The van der Waals surface area contributed by atoms with Crippen LogP contribution in [0.5, 0.6) is 0 Å². The van der Waals surface area contributed by atoms with Crippen molar-refractivity contribution in [2.75, 3.05) is 11.9 Å². The molecule has 1 fully saturated rings. The molecule has 0 radical (unpaired) electrons. The topological polar surface area (TPSA) is 21.3 Å². The summed E-state index contributed by atoms with van der Waals surface area (Å²) in [6.45, 7) is 0.531. The molecule has 1 N–H and O–H groups in total. The molecule has 0 amide bonds. The molecule has 1 aliphatic heterocycles. The Bertz CT molecular complexity index is 361. The lowest BCUT2D eigenvalue weighted by Crippen LogP contribution is -2.25. The van der Waals surface area contributed by atoms with Crippen LogP contribution in [0.15, 0.2) is 18.2 Å². The van der Waals surface area contributed by atoms with Crippen LogP contribution in [0.4, 0.5) is 14.5 Å². The minimum absolute atomic E-state index is 0.121. The largest absolute Gasteiger partial charge is 0.376 e. The number of ether oxygens (including phenoxy) is 1. The molecule has 2 rings (SSSR count). The van der Waals surface area contributed by atoms with Crippen LogP contribution in [0, 0.1) is 11.6 Å². The van der Waals surface area contributed by atoms with Gasteiger partial charge in [0, 0.05) is 0 Å². The van der Waals surface area contributed by atoms with E-state index >= 15 is 0 Å². The van der Waals surface area contributed by atoms with Crippen LogP contribution < -0.4 is 5.32 Å². The van der Waals surface area contributed by atoms with E-state index in [1.165, 1.54) is 12.1 Å². The summed E-state index contributed by atoms with van der Waals surface area (Å²) in [5, 5.41) is 2.83. The van der Waals surface area contributed by atoms with Gasteiger partial charge in [-0.3, -0.25) is 0 Å². The summed E-state index contributed by atoms with van der Waals surface area (Å²) in [5.74, 6) is -1.75. The number of alkyl halides is 1. The Morgan fingerprint density at radius 1 is 1.40 bits per heavy atom. The van der Waals surface area contributed by atoms with Crippen LogP contribution >= 0.6 is 11.6 Å². The molecule has 2 unspecified atom stereocenters. The average molecular weight is 234 g/mol. The standard InChI is InChI=1S/C10H10ClF2NO/c11-10-8(4-5-15-10)14-7-3-1-2-6(12)9(7)13/h1-3,8,10,14H,4-5H2. The fraction of sp³-hybridized carbons (Fsp3) is 0.400. The first-order chi connectivity index (χ1) is 7.18. The molecule has 0 bridgehead atoms. The zero-order chi connectivity index (χ0) is 10.8. The number of rotatable bonds is 2. The third-order valence-electron chi connectivity index (χ3n) is 2.31. The molecule has 1 aromatic rings. The third-order valence-corrected chi connectivity index (χ3v) is 2.74. The number of halogens is 3. The van der Waals surface area contributed by atoms with E-state index in [9.17, 15) is 8.78 Å². The van der Waals surface area contributed by atoms with Gasteiger partial charge in [-0.1, -0.05) is 17.7 Å². The molecule has 0 aliphatic carbocycles. The van der Waals surface area contributed by atoms with Crippen molar-refractivity contribution < 1.29 is 13.5 Å². The van der Waals surface area contributed by atoms with Crippen molar-refractivity contribution in [3.05, 3.63) is 29.8 Å². The minimum Gasteiger partial charge on any atom is -0.376 e. The average Bonchev–Trinajstić information content (AvgIpc) is 2.60. The lowest BCUT2D eigenvalue weighted by atomic mass is 10.2. The lowest BCUT2D eigenvalue weighted by molar-refractivity contribution is 0.165. The van der Waals surface area contributed by atoms with E-state index in [0.29, 0.717) is 13.0 Å². The Hall–Kier alpha value is -0.870. The zero-order valence-corrected chi connectivity index (χ0v) is 8.60. The maximum Gasteiger partial charge on any atom is 0.181 e. The van der Waals surface area contributed by atoms with Gasteiger partial charge in [-0.05, 0) is 18.6 Å². The van der Waals surface area contributed by atoms with E-state index in [2.05, 4.69) is 5.32 Å². The predicted molar refractivity (Wildman–Crippen MR) is 54.0 cm³/mol. The van der Waals surface area contributed by atoms with E-state index in [1.54, 1.807) is 0 Å². The van der Waals surface area contributed by atoms with Crippen LogP contribution in [-0.4, -0.2) is 18.2 Å². The van der Waals surface area contributed by atoms with Gasteiger partial charge in [-0.2, -0.15) is 0 Å². The first kappa shape index (κ1) is 10.6. The molecule has 5 heteroatoms. The summed E-state index contributed by atoms with van der Waals surface area (Å²) in [6, 6.07) is 3.81. The van der Waals surface area contributed by atoms with Crippen molar-refractivity contribution in [2.24, 2.45) is 0 Å². The predicted octanol–water partition coefficient (Wildman–Crippen LogP) is 2.73. The first-order valence-electron chi connectivity index (χ1n) is 4.64. The van der Waals surface area contributed by atoms with Crippen LogP contribution in [-0.2, 0) is 4.74 Å². The quantitative estimate of drug-likeness (QED) is 0.793. The summed E-state index contributed by atoms with van der Waals surface area (Å²) >= 11 is 5.82. The molecule has 82 valence electrons. The third kappa shape index (κ3) is 2.21. The summed E-state index contributed by atoms with van der Waals surface area (Å²) in [5.41, 5.74) is -0.371. The second kappa shape index (κ2) is 4.33. The highest BCUT2D eigenvalue weighted by atomic mass is 35.5. The van der Waals surface area contributed by atoms with Gasteiger partial charge in [0.2, 0.25) is 0 Å². The molecule has 15 heavy (non-hydrogen) atoms.